The van der Waals surface area contributed by atoms with Crippen molar-refractivity contribution in [3.05, 3.63) is 71.3 Å². The molecule has 2 aromatic carbocycles. The highest BCUT2D eigenvalue weighted by Gasteiger charge is 2.56. The number of rotatable bonds is 10. The van der Waals surface area contributed by atoms with Gasteiger partial charge in [0.25, 0.3) is 11.7 Å². The second-order valence-electron chi connectivity index (χ2n) is 20.4. The predicted molar refractivity (Wildman–Crippen MR) is 260 cm³/mol. The molecule has 1 amide bonds. The highest BCUT2D eigenvalue weighted by atomic mass is 16.7. The molecule has 2 bridgehead atoms. The molecule has 14 nitrogen and oxygen atoms in total. The Hall–Kier alpha value is -4.15. The van der Waals surface area contributed by atoms with E-state index < -0.39 is 77.8 Å². The lowest BCUT2D eigenvalue weighted by atomic mass is 9.81. The number of amides is 1. The fraction of sp³-hybridized carbons (Fsp3) is 0.655. The normalized spacial score (nSPS) is 35.2. The molecule has 2 N–H and O–H groups in total. The van der Waals surface area contributed by atoms with Crippen LogP contribution in [0.3, 0.4) is 0 Å². The molecule has 14 atom stereocenters. The van der Waals surface area contributed by atoms with E-state index in [9.17, 15) is 34.2 Å². The van der Waals surface area contributed by atoms with Gasteiger partial charge in [0.15, 0.2) is 5.78 Å². The summed E-state index contributed by atoms with van der Waals surface area (Å²) in [7, 11) is 4.68. The van der Waals surface area contributed by atoms with Gasteiger partial charge in [-0.05, 0) is 112 Å². The molecule has 0 spiro atoms. The molecule has 14 heteroatoms. The number of hydrogen-bond acceptors (Lipinski definition) is 13. The van der Waals surface area contributed by atoms with Crippen LogP contribution in [0.15, 0.2) is 65.8 Å². The number of esters is 1. The Morgan fingerprint density at radius 3 is 2.26 bits per heavy atom. The monoisotopic (exact) mass is 960 g/mol. The third-order valence-electron chi connectivity index (χ3n) is 15.4. The fourth-order valence-corrected chi connectivity index (χ4v) is 11.2. The van der Waals surface area contributed by atoms with Crippen LogP contribution in [0.2, 0.25) is 0 Å². The van der Waals surface area contributed by atoms with Crippen LogP contribution in [0.1, 0.15) is 123 Å². The number of allylic oxidation sites excluding steroid dienone is 3. The largest absolute Gasteiger partial charge is 0.456 e. The highest BCUT2D eigenvalue weighted by Crippen LogP contribution is 2.39. The van der Waals surface area contributed by atoms with E-state index in [0.29, 0.717) is 62.5 Å². The molecule has 69 heavy (non-hydrogen) atoms. The number of nitrogens with zero attached hydrogens (tertiary/aromatic N) is 1. The molecule has 1 saturated carbocycles. The van der Waals surface area contributed by atoms with E-state index in [4.69, 9.17) is 28.4 Å². The number of carbonyl (C=O) groups excluding carboxylic acids is 5. The summed E-state index contributed by atoms with van der Waals surface area (Å²) in [5.74, 6) is -7.85. The van der Waals surface area contributed by atoms with Gasteiger partial charge in [-0.3, -0.25) is 19.2 Å². The average molecular weight is 960 g/mol. The number of benzene rings is 2. The first-order valence-electron chi connectivity index (χ1n) is 25.2. The van der Waals surface area contributed by atoms with E-state index in [1.54, 1.807) is 21.0 Å². The zero-order chi connectivity index (χ0) is 50.2. The van der Waals surface area contributed by atoms with Crippen molar-refractivity contribution in [3.8, 4) is 0 Å². The second kappa shape index (κ2) is 24.3. The standard InChI is InChI=1S/C55H77NO13/c1-10-38-24-32(2)23-33(3)25-48(65-8)51-49(66-9)27-35(5)55(63,69-51)52(60)53(61)56-22-14-13-17-42(56)54(62)68-50(36(6)43(57)30-44(38)58)34(4)26-37-18-21-46(47(28-37)64-7)67-31-45(59)41-20-19-39-15-11-12-16-40(39)29-41/h11-12,15-16,19-20,24,26,29,33,35-38,42-43,46-51,57,63H,10,13-14,17-18,21-23,25,27-28,30-31H2,1-9H3. The van der Waals surface area contributed by atoms with E-state index in [-0.39, 0.29) is 68.0 Å². The maximum Gasteiger partial charge on any atom is 0.329 e. The Bertz CT molecular complexity index is 2190. The molecule has 3 heterocycles. The topological polar surface area (TPSA) is 184 Å². The van der Waals surface area contributed by atoms with E-state index in [0.717, 1.165) is 16.3 Å². The van der Waals surface area contributed by atoms with E-state index in [1.165, 1.54) is 19.1 Å². The van der Waals surface area contributed by atoms with Crippen LogP contribution >= 0.6 is 0 Å². The minimum atomic E-state index is -2.52. The summed E-state index contributed by atoms with van der Waals surface area (Å²) in [4.78, 5) is 71.8. The molecule has 2 aromatic rings. The SMILES string of the molecule is CCC1C=C(C)CC(C)CC(OC)C2OC(O)(C(=O)C(=O)N3CCCCC3C(=O)OC(C(C)=CC3CCC(OCC(=O)c4ccc5ccccc5c4)C(OC)C3)C(C)C(O)CC1=O)C(C)CC2OC. The van der Waals surface area contributed by atoms with Gasteiger partial charge in [-0.1, -0.05) is 81.8 Å². The summed E-state index contributed by atoms with van der Waals surface area (Å²) >= 11 is 0. The minimum absolute atomic E-state index is 0.0178. The zero-order valence-corrected chi connectivity index (χ0v) is 42.2. The highest BCUT2D eigenvalue weighted by molar-refractivity contribution is 6.39. The molecule has 0 radical (unpaired) electrons. The number of piperidine rings is 1. The number of ether oxygens (including phenoxy) is 6. The number of hydrogen-bond donors (Lipinski definition) is 2. The third-order valence-corrected chi connectivity index (χ3v) is 15.4. The molecular formula is C55H77NO13. The molecule has 380 valence electrons. The van der Waals surface area contributed by atoms with E-state index >= 15 is 0 Å². The van der Waals surface area contributed by atoms with Crippen molar-refractivity contribution < 1.29 is 62.6 Å². The van der Waals surface area contributed by atoms with Gasteiger partial charge in [-0.2, -0.15) is 0 Å². The summed E-state index contributed by atoms with van der Waals surface area (Å²) in [6.07, 6.45) is 3.79. The molecule has 1 aliphatic carbocycles. The Morgan fingerprint density at radius 1 is 0.870 bits per heavy atom. The first kappa shape index (κ1) is 54.2. The zero-order valence-electron chi connectivity index (χ0n) is 42.2. The molecule has 3 aliphatic heterocycles. The summed E-state index contributed by atoms with van der Waals surface area (Å²) in [5, 5.41) is 26.0. The second-order valence-corrected chi connectivity index (χ2v) is 20.4. The van der Waals surface area contributed by atoms with Crippen molar-refractivity contribution in [2.24, 2.45) is 29.6 Å². The number of methoxy groups -OCH3 is 3. The maximum atomic E-state index is 14.6. The smallest absolute Gasteiger partial charge is 0.329 e. The Kier molecular flexibility index (Phi) is 19.1. The first-order valence-corrected chi connectivity index (χ1v) is 25.2. The number of cyclic esters (lactones) is 1. The average Bonchev–Trinajstić information content (AvgIpc) is 3.35. The van der Waals surface area contributed by atoms with Crippen molar-refractivity contribution >= 4 is 40.0 Å². The summed E-state index contributed by atoms with van der Waals surface area (Å²) in [5.41, 5.74) is 2.21. The molecule has 14 unspecified atom stereocenters. The number of Topliss-reactive ketones (excluding diaryl/α,β-unsaturated/α-hetero) is 3. The van der Waals surface area contributed by atoms with Gasteiger partial charge in [0.2, 0.25) is 5.79 Å². The number of aliphatic hydroxyl groups is 2. The van der Waals surface area contributed by atoms with Gasteiger partial charge in [-0.15, -0.1) is 0 Å². The molecule has 4 aliphatic rings. The van der Waals surface area contributed by atoms with Crippen LogP contribution in [-0.2, 0) is 47.6 Å². The van der Waals surface area contributed by atoms with Crippen molar-refractivity contribution in [2.75, 3.05) is 34.5 Å². The minimum Gasteiger partial charge on any atom is -0.456 e. The molecule has 6 rings (SSSR count). The predicted octanol–water partition coefficient (Wildman–Crippen LogP) is 7.53. The Balaban J connectivity index is 1.26. The van der Waals surface area contributed by atoms with Gasteiger partial charge >= 0.3 is 5.97 Å². The lowest BCUT2D eigenvalue weighted by molar-refractivity contribution is -0.302. The number of carbonyl (C=O) groups is 5. The van der Waals surface area contributed by atoms with Crippen LogP contribution in [0, 0.1) is 29.6 Å². The van der Waals surface area contributed by atoms with E-state index in [1.807, 2.05) is 75.4 Å². The summed E-state index contributed by atoms with van der Waals surface area (Å²) < 4.78 is 36.6. The number of fused-ring (bicyclic) bond motifs is 4. The van der Waals surface area contributed by atoms with Crippen molar-refractivity contribution in [1.29, 1.82) is 0 Å². The van der Waals surface area contributed by atoms with Gasteiger partial charge in [0, 0.05) is 57.6 Å². The van der Waals surface area contributed by atoms with Crippen LogP contribution < -0.4 is 0 Å². The molecular weight excluding hydrogens is 883 g/mol. The number of aliphatic hydroxyl groups excluding tert-OH is 1. The molecule has 0 aromatic heterocycles. The van der Waals surface area contributed by atoms with E-state index in [2.05, 4.69) is 6.92 Å². The van der Waals surface area contributed by atoms with Crippen LogP contribution in [0.4, 0.5) is 0 Å². The Labute approximate surface area is 408 Å². The Morgan fingerprint density at radius 2 is 1.57 bits per heavy atom. The molecule has 3 fully saturated rings. The van der Waals surface area contributed by atoms with Gasteiger partial charge < -0.3 is 43.5 Å². The van der Waals surface area contributed by atoms with Crippen molar-refractivity contribution in [1.82, 2.24) is 4.90 Å². The van der Waals surface area contributed by atoms with Crippen LogP contribution in [-0.4, -0.2) is 133 Å². The fourth-order valence-electron chi connectivity index (χ4n) is 11.2. The first-order chi connectivity index (χ1) is 32.9. The van der Waals surface area contributed by atoms with Gasteiger partial charge in [-0.25, -0.2) is 4.79 Å². The van der Waals surface area contributed by atoms with Gasteiger partial charge in [0.1, 0.15) is 30.6 Å². The number of ketones is 3. The van der Waals surface area contributed by atoms with Crippen LogP contribution in [0.5, 0.6) is 0 Å². The quantitative estimate of drug-likeness (QED) is 0.103. The molecule has 2 saturated heterocycles. The van der Waals surface area contributed by atoms with Crippen LogP contribution in [0.25, 0.3) is 10.8 Å². The van der Waals surface area contributed by atoms with Crippen molar-refractivity contribution in [3.63, 3.8) is 0 Å². The summed E-state index contributed by atoms with van der Waals surface area (Å²) in [6.45, 7) is 11.2. The maximum absolute atomic E-state index is 14.6. The van der Waals surface area contributed by atoms with Crippen molar-refractivity contribution in [2.45, 2.75) is 167 Å². The lowest BCUT2D eigenvalue weighted by Gasteiger charge is -2.47. The lowest BCUT2D eigenvalue weighted by Crippen LogP contribution is -2.64. The summed E-state index contributed by atoms with van der Waals surface area (Å²) in [6, 6.07) is 12.3. The third kappa shape index (κ3) is 12.9. The van der Waals surface area contributed by atoms with Gasteiger partial charge in [0.05, 0.1) is 30.5 Å².